The second kappa shape index (κ2) is 5.00. The van der Waals surface area contributed by atoms with Gasteiger partial charge in [0, 0.05) is 25.8 Å². The molecule has 0 radical (unpaired) electrons. The van der Waals surface area contributed by atoms with E-state index in [2.05, 4.69) is 46.7 Å². The summed E-state index contributed by atoms with van der Waals surface area (Å²) in [7, 11) is 4.09. The van der Waals surface area contributed by atoms with Gasteiger partial charge in [-0.1, -0.05) is 12.1 Å². The molecule has 3 nitrogen and oxygen atoms in total. The fraction of sp³-hybridized carbons (Fsp3) is 0.235. The van der Waals surface area contributed by atoms with E-state index in [1.165, 1.54) is 5.69 Å². The Morgan fingerprint density at radius 2 is 1.70 bits per heavy atom. The van der Waals surface area contributed by atoms with E-state index < -0.39 is 0 Å². The van der Waals surface area contributed by atoms with Gasteiger partial charge in [-0.05, 0) is 37.3 Å². The van der Waals surface area contributed by atoms with Crippen LogP contribution in [-0.4, -0.2) is 14.1 Å². The number of hydrogen-bond donors (Lipinski definition) is 0. The molecular weight excluding hydrogens is 248 g/mol. The van der Waals surface area contributed by atoms with Gasteiger partial charge in [-0.2, -0.15) is 4.57 Å². The summed E-state index contributed by atoms with van der Waals surface area (Å²) in [5, 5.41) is 0. The van der Waals surface area contributed by atoms with Crippen LogP contribution in [0.3, 0.4) is 0 Å². The molecule has 0 saturated carbocycles. The number of aromatic nitrogens is 1. The lowest BCUT2D eigenvalue weighted by atomic mass is 10.2. The van der Waals surface area contributed by atoms with Crippen LogP contribution in [0.4, 0.5) is 5.69 Å². The molecule has 3 rings (SSSR count). The van der Waals surface area contributed by atoms with E-state index in [9.17, 15) is 0 Å². The largest absolute Gasteiger partial charge is 0.398 e. The first-order valence-corrected chi connectivity index (χ1v) is 6.90. The van der Waals surface area contributed by atoms with Crippen LogP contribution in [0.25, 0.3) is 22.6 Å². The highest BCUT2D eigenvalue weighted by molar-refractivity contribution is 5.71. The molecule has 0 aliphatic heterocycles. The lowest BCUT2D eigenvalue weighted by molar-refractivity contribution is -0.660. The minimum atomic E-state index is 0.891. The first-order valence-electron chi connectivity index (χ1n) is 6.90. The van der Waals surface area contributed by atoms with Gasteiger partial charge >= 0.3 is 5.89 Å². The summed E-state index contributed by atoms with van der Waals surface area (Å²) in [6.07, 6.45) is 0. The third-order valence-electron chi connectivity index (χ3n) is 3.55. The topological polar surface area (TPSA) is 20.3 Å². The van der Waals surface area contributed by atoms with Crippen molar-refractivity contribution in [1.82, 2.24) is 0 Å². The molecule has 3 aromatic rings. The van der Waals surface area contributed by atoms with Crippen molar-refractivity contribution >= 4 is 16.8 Å². The van der Waals surface area contributed by atoms with Gasteiger partial charge < -0.3 is 9.32 Å². The van der Waals surface area contributed by atoms with Crippen LogP contribution in [0.15, 0.2) is 52.9 Å². The fourth-order valence-corrected chi connectivity index (χ4v) is 2.47. The summed E-state index contributed by atoms with van der Waals surface area (Å²) in [5.74, 6) is 0.916. The van der Waals surface area contributed by atoms with Crippen molar-refractivity contribution < 1.29 is 8.98 Å². The molecule has 1 heterocycles. The minimum absolute atomic E-state index is 0.891. The van der Waals surface area contributed by atoms with Crippen LogP contribution < -0.4 is 9.47 Å². The molecule has 0 amide bonds. The van der Waals surface area contributed by atoms with Crippen LogP contribution >= 0.6 is 0 Å². The molecule has 1 aromatic heterocycles. The predicted octanol–water partition coefficient (Wildman–Crippen LogP) is 3.47. The highest BCUT2D eigenvalue weighted by Crippen LogP contribution is 2.24. The Hall–Kier alpha value is -2.29. The molecule has 0 unspecified atom stereocenters. The second-order valence-electron chi connectivity index (χ2n) is 5.06. The summed E-state index contributed by atoms with van der Waals surface area (Å²) in [6, 6.07) is 16.6. The summed E-state index contributed by atoms with van der Waals surface area (Å²) >= 11 is 0. The summed E-state index contributed by atoms with van der Waals surface area (Å²) in [4.78, 5) is 2.09. The Labute approximate surface area is 119 Å². The van der Waals surface area contributed by atoms with E-state index in [1.807, 2.05) is 32.3 Å². The first kappa shape index (κ1) is 12.7. The average molecular weight is 267 g/mol. The molecule has 0 aliphatic carbocycles. The maximum absolute atomic E-state index is 6.03. The maximum atomic E-state index is 6.03. The Kier molecular flexibility index (Phi) is 3.18. The van der Waals surface area contributed by atoms with Crippen molar-refractivity contribution in [3.05, 3.63) is 48.5 Å². The van der Waals surface area contributed by atoms with Crippen molar-refractivity contribution in [2.24, 2.45) is 0 Å². The Morgan fingerprint density at radius 3 is 2.35 bits per heavy atom. The predicted molar refractivity (Wildman–Crippen MR) is 81.8 cm³/mol. The van der Waals surface area contributed by atoms with Gasteiger partial charge in [-0.15, -0.1) is 0 Å². The molecule has 20 heavy (non-hydrogen) atoms. The minimum Gasteiger partial charge on any atom is -0.398 e. The molecule has 0 spiro atoms. The smallest absolute Gasteiger partial charge is 0.381 e. The molecule has 0 aliphatic rings. The van der Waals surface area contributed by atoms with Gasteiger partial charge in [-0.25, -0.2) is 0 Å². The van der Waals surface area contributed by atoms with Crippen molar-refractivity contribution in [2.75, 3.05) is 19.0 Å². The summed E-state index contributed by atoms with van der Waals surface area (Å²) in [6.45, 7) is 3.03. The lowest BCUT2D eigenvalue weighted by Crippen LogP contribution is -2.32. The normalized spacial score (nSPS) is 10.9. The number of anilines is 1. The number of oxazole rings is 1. The molecule has 0 atom stereocenters. The number of rotatable bonds is 3. The monoisotopic (exact) mass is 267 g/mol. The Bertz CT molecular complexity index is 726. The fourth-order valence-electron chi connectivity index (χ4n) is 2.47. The highest BCUT2D eigenvalue weighted by Gasteiger charge is 2.22. The third-order valence-corrected chi connectivity index (χ3v) is 3.55. The standard InChI is InChI=1S/C17H19N2O/c1-4-19-15-7-5-6-8-16(15)20-17(19)13-9-11-14(12-10-13)18(2)3/h5-12H,4H2,1-3H3/q+1. The highest BCUT2D eigenvalue weighted by atomic mass is 16.4. The van der Waals surface area contributed by atoms with Crippen molar-refractivity contribution in [3.63, 3.8) is 0 Å². The third kappa shape index (κ3) is 2.05. The zero-order chi connectivity index (χ0) is 14.1. The van der Waals surface area contributed by atoms with Crippen molar-refractivity contribution in [3.8, 4) is 11.5 Å². The molecule has 0 fully saturated rings. The SMILES string of the molecule is CC[n+]1c(-c2ccc(N(C)C)cc2)oc2ccccc21. The van der Waals surface area contributed by atoms with Gasteiger partial charge in [0.25, 0.3) is 5.52 Å². The molecule has 102 valence electrons. The van der Waals surface area contributed by atoms with Gasteiger partial charge in [0.05, 0.1) is 5.56 Å². The van der Waals surface area contributed by atoms with E-state index in [0.29, 0.717) is 0 Å². The van der Waals surface area contributed by atoms with E-state index >= 15 is 0 Å². The first-order chi connectivity index (χ1) is 9.70. The molecule has 3 heteroatoms. The maximum Gasteiger partial charge on any atom is 0.381 e. The summed E-state index contributed by atoms with van der Waals surface area (Å²) in [5.41, 5.74) is 4.37. The number of hydrogen-bond acceptors (Lipinski definition) is 2. The number of fused-ring (bicyclic) bond motifs is 1. The van der Waals surface area contributed by atoms with Crippen molar-refractivity contribution in [1.29, 1.82) is 0 Å². The lowest BCUT2D eigenvalue weighted by Gasteiger charge is -2.11. The van der Waals surface area contributed by atoms with Gasteiger partial charge in [0.2, 0.25) is 5.58 Å². The van der Waals surface area contributed by atoms with E-state index in [0.717, 1.165) is 29.1 Å². The van der Waals surface area contributed by atoms with Crippen LogP contribution in [0.1, 0.15) is 6.92 Å². The zero-order valence-corrected chi connectivity index (χ0v) is 12.1. The van der Waals surface area contributed by atoms with Gasteiger partial charge in [0.15, 0.2) is 0 Å². The number of para-hydroxylation sites is 2. The second-order valence-corrected chi connectivity index (χ2v) is 5.06. The van der Waals surface area contributed by atoms with Crippen LogP contribution in [0, 0.1) is 0 Å². The zero-order valence-electron chi connectivity index (χ0n) is 12.1. The Balaban J connectivity index is 2.13. The van der Waals surface area contributed by atoms with Gasteiger partial charge in [0.1, 0.15) is 6.54 Å². The Morgan fingerprint density at radius 1 is 1.00 bits per heavy atom. The van der Waals surface area contributed by atoms with Crippen molar-refractivity contribution in [2.45, 2.75) is 13.5 Å². The number of benzene rings is 2. The molecule has 0 bridgehead atoms. The quantitative estimate of drug-likeness (QED) is 0.677. The molecular formula is C17H19N2O+. The van der Waals surface area contributed by atoms with Crippen LogP contribution in [-0.2, 0) is 6.54 Å². The molecule has 0 N–H and O–H groups in total. The molecule has 0 saturated heterocycles. The van der Waals surface area contributed by atoms with Crippen LogP contribution in [0.2, 0.25) is 0 Å². The van der Waals surface area contributed by atoms with E-state index in [1.54, 1.807) is 0 Å². The average Bonchev–Trinajstić information content (AvgIpc) is 2.85. The van der Waals surface area contributed by atoms with E-state index in [-0.39, 0.29) is 0 Å². The molecule has 2 aromatic carbocycles. The summed E-state index contributed by atoms with van der Waals surface area (Å²) < 4.78 is 8.23. The van der Waals surface area contributed by atoms with Crippen LogP contribution in [0.5, 0.6) is 0 Å². The number of nitrogens with zero attached hydrogens (tertiary/aromatic N) is 2. The van der Waals surface area contributed by atoms with E-state index in [4.69, 9.17) is 4.42 Å². The number of aryl methyl sites for hydroxylation is 1. The van der Waals surface area contributed by atoms with Gasteiger partial charge in [-0.3, -0.25) is 0 Å².